The molecule has 0 unspecified atom stereocenters. The van der Waals surface area contributed by atoms with Crippen LogP contribution in [-0.4, -0.2) is 18.7 Å². The van der Waals surface area contributed by atoms with Crippen LogP contribution in [0.2, 0.25) is 0 Å². The summed E-state index contributed by atoms with van der Waals surface area (Å²) in [5, 5.41) is 11.7. The first-order valence-corrected chi connectivity index (χ1v) is 4.46. The van der Waals surface area contributed by atoms with Crippen molar-refractivity contribution in [3.8, 4) is 17.6 Å². The SMILES string of the molecule is CNCCC#Cc1cc(F)c(O)c(F)c1. The Morgan fingerprint density at radius 3 is 2.47 bits per heavy atom. The Morgan fingerprint density at radius 2 is 1.93 bits per heavy atom. The quantitative estimate of drug-likeness (QED) is 0.575. The van der Waals surface area contributed by atoms with Crippen LogP contribution in [0, 0.1) is 23.5 Å². The Labute approximate surface area is 86.9 Å². The maximum absolute atomic E-state index is 12.8. The second-order valence-electron chi connectivity index (χ2n) is 2.94. The molecule has 80 valence electrons. The van der Waals surface area contributed by atoms with E-state index in [2.05, 4.69) is 17.2 Å². The molecule has 0 aliphatic carbocycles. The summed E-state index contributed by atoms with van der Waals surface area (Å²) >= 11 is 0. The number of rotatable bonds is 2. The first kappa shape index (κ1) is 11.5. The smallest absolute Gasteiger partial charge is 0.187 e. The maximum Gasteiger partial charge on any atom is 0.187 e. The van der Waals surface area contributed by atoms with Crippen LogP contribution in [0.3, 0.4) is 0 Å². The second-order valence-corrected chi connectivity index (χ2v) is 2.94. The van der Waals surface area contributed by atoms with E-state index >= 15 is 0 Å². The second kappa shape index (κ2) is 5.32. The minimum Gasteiger partial charge on any atom is -0.503 e. The van der Waals surface area contributed by atoms with Crippen LogP contribution in [0.1, 0.15) is 12.0 Å². The number of hydrogen-bond acceptors (Lipinski definition) is 2. The van der Waals surface area contributed by atoms with E-state index in [1.807, 2.05) is 0 Å². The number of aromatic hydroxyl groups is 1. The van der Waals surface area contributed by atoms with Gasteiger partial charge in [0.15, 0.2) is 17.4 Å². The minimum absolute atomic E-state index is 0.221. The van der Waals surface area contributed by atoms with E-state index in [0.29, 0.717) is 6.42 Å². The Morgan fingerprint density at radius 1 is 1.33 bits per heavy atom. The van der Waals surface area contributed by atoms with Gasteiger partial charge >= 0.3 is 0 Å². The fraction of sp³-hybridized carbons (Fsp3) is 0.273. The van der Waals surface area contributed by atoms with Gasteiger partial charge in [-0.1, -0.05) is 11.8 Å². The van der Waals surface area contributed by atoms with Crippen LogP contribution in [0.4, 0.5) is 8.78 Å². The van der Waals surface area contributed by atoms with Crippen molar-refractivity contribution in [3.05, 3.63) is 29.3 Å². The number of phenols is 1. The lowest BCUT2D eigenvalue weighted by Crippen LogP contribution is -2.05. The molecule has 0 aliphatic rings. The lowest BCUT2D eigenvalue weighted by atomic mass is 10.2. The molecule has 2 nitrogen and oxygen atoms in total. The average molecular weight is 211 g/mol. The Balaban J connectivity index is 2.81. The van der Waals surface area contributed by atoms with Crippen molar-refractivity contribution in [1.29, 1.82) is 0 Å². The summed E-state index contributed by atoms with van der Waals surface area (Å²) in [6, 6.07) is 2.01. The molecule has 1 aromatic carbocycles. The highest BCUT2D eigenvalue weighted by atomic mass is 19.1. The number of benzene rings is 1. The molecule has 0 spiro atoms. The number of hydrogen-bond donors (Lipinski definition) is 2. The van der Waals surface area contributed by atoms with Gasteiger partial charge < -0.3 is 10.4 Å². The highest BCUT2D eigenvalue weighted by Crippen LogP contribution is 2.20. The van der Waals surface area contributed by atoms with E-state index in [1.54, 1.807) is 7.05 Å². The summed E-state index contributed by atoms with van der Waals surface area (Å²) in [6.07, 6.45) is 0.598. The lowest BCUT2D eigenvalue weighted by molar-refractivity contribution is 0.396. The lowest BCUT2D eigenvalue weighted by Gasteiger charge is -1.97. The highest BCUT2D eigenvalue weighted by molar-refractivity contribution is 5.39. The molecule has 1 aromatic rings. The predicted octanol–water partition coefficient (Wildman–Crippen LogP) is 1.63. The monoisotopic (exact) mass is 211 g/mol. The topological polar surface area (TPSA) is 32.3 Å². The van der Waals surface area contributed by atoms with Gasteiger partial charge in [-0.15, -0.1) is 0 Å². The summed E-state index contributed by atoms with van der Waals surface area (Å²) in [6.45, 7) is 0.718. The Bertz CT molecular complexity index is 384. The van der Waals surface area contributed by atoms with E-state index in [4.69, 9.17) is 5.11 Å². The first-order valence-electron chi connectivity index (χ1n) is 4.46. The molecular weight excluding hydrogens is 200 g/mol. The normalized spacial score (nSPS) is 9.53. The fourth-order valence-electron chi connectivity index (χ4n) is 0.990. The van der Waals surface area contributed by atoms with Crippen molar-refractivity contribution >= 4 is 0 Å². The third kappa shape index (κ3) is 3.22. The third-order valence-corrected chi connectivity index (χ3v) is 1.75. The zero-order valence-corrected chi connectivity index (χ0v) is 8.27. The summed E-state index contributed by atoms with van der Waals surface area (Å²) in [5.74, 6) is 2.41. The van der Waals surface area contributed by atoms with Crippen molar-refractivity contribution in [2.24, 2.45) is 0 Å². The van der Waals surface area contributed by atoms with Crippen molar-refractivity contribution in [2.75, 3.05) is 13.6 Å². The summed E-state index contributed by atoms with van der Waals surface area (Å²) in [7, 11) is 1.79. The highest BCUT2D eigenvalue weighted by Gasteiger charge is 2.07. The molecule has 15 heavy (non-hydrogen) atoms. The van der Waals surface area contributed by atoms with Gasteiger partial charge in [0.25, 0.3) is 0 Å². The average Bonchev–Trinajstić information content (AvgIpc) is 2.21. The molecule has 0 fully saturated rings. The number of phenolic OH excluding ortho intramolecular Hbond substituents is 1. The standard InChI is InChI=1S/C11H11F2NO/c1-14-5-3-2-4-8-6-9(12)11(15)10(13)7-8/h6-7,14-15H,3,5H2,1H3. The van der Waals surface area contributed by atoms with Gasteiger partial charge in [-0.25, -0.2) is 8.78 Å². The molecule has 0 radical (unpaired) electrons. The maximum atomic E-state index is 12.8. The van der Waals surface area contributed by atoms with Crippen LogP contribution < -0.4 is 5.32 Å². The number of halogens is 2. The van der Waals surface area contributed by atoms with Crippen LogP contribution >= 0.6 is 0 Å². The van der Waals surface area contributed by atoms with Crippen LogP contribution in [0.5, 0.6) is 5.75 Å². The molecule has 0 saturated heterocycles. The van der Waals surface area contributed by atoms with Gasteiger partial charge in [0.05, 0.1) is 0 Å². The molecule has 0 bridgehead atoms. The zero-order chi connectivity index (χ0) is 11.3. The van der Waals surface area contributed by atoms with Crippen molar-refractivity contribution in [3.63, 3.8) is 0 Å². The molecular formula is C11H11F2NO. The molecule has 2 N–H and O–H groups in total. The van der Waals surface area contributed by atoms with Gasteiger partial charge in [0.2, 0.25) is 0 Å². The predicted molar refractivity (Wildman–Crippen MR) is 53.4 cm³/mol. The zero-order valence-electron chi connectivity index (χ0n) is 8.27. The van der Waals surface area contributed by atoms with E-state index in [9.17, 15) is 8.78 Å². The Kier molecular flexibility index (Phi) is 4.07. The van der Waals surface area contributed by atoms with Gasteiger partial charge in [-0.2, -0.15) is 0 Å². The van der Waals surface area contributed by atoms with Crippen LogP contribution in [0.25, 0.3) is 0 Å². The van der Waals surface area contributed by atoms with Gasteiger partial charge in [-0.3, -0.25) is 0 Å². The van der Waals surface area contributed by atoms with Gasteiger partial charge in [-0.05, 0) is 19.2 Å². The summed E-state index contributed by atoms with van der Waals surface area (Å²) in [5.41, 5.74) is 0.221. The largest absolute Gasteiger partial charge is 0.503 e. The number of nitrogens with one attached hydrogen (secondary N) is 1. The minimum atomic E-state index is -0.993. The van der Waals surface area contributed by atoms with Gasteiger partial charge in [0.1, 0.15) is 0 Å². The van der Waals surface area contributed by atoms with Crippen molar-refractivity contribution < 1.29 is 13.9 Å². The van der Waals surface area contributed by atoms with E-state index < -0.39 is 17.4 Å². The van der Waals surface area contributed by atoms with E-state index in [0.717, 1.165) is 18.7 Å². The molecule has 0 aliphatic heterocycles. The molecule has 1 rings (SSSR count). The summed E-state index contributed by atoms with van der Waals surface area (Å²) < 4.78 is 25.7. The van der Waals surface area contributed by atoms with Gasteiger partial charge in [0, 0.05) is 18.5 Å². The first-order chi connectivity index (χ1) is 7.15. The molecule has 0 aromatic heterocycles. The molecule has 0 saturated carbocycles. The van der Waals surface area contributed by atoms with Crippen LogP contribution in [0.15, 0.2) is 12.1 Å². The molecule has 0 heterocycles. The Hall–Kier alpha value is -1.60. The molecule has 4 heteroatoms. The van der Waals surface area contributed by atoms with E-state index in [1.165, 1.54) is 0 Å². The third-order valence-electron chi connectivity index (χ3n) is 1.75. The summed E-state index contributed by atoms with van der Waals surface area (Å²) in [4.78, 5) is 0. The van der Waals surface area contributed by atoms with Crippen molar-refractivity contribution in [2.45, 2.75) is 6.42 Å². The molecule has 0 atom stereocenters. The molecule has 0 amide bonds. The van der Waals surface area contributed by atoms with E-state index in [-0.39, 0.29) is 5.56 Å². The van der Waals surface area contributed by atoms with Crippen LogP contribution in [-0.2, 0) is 0 Å². The fourth-order valence-corrected chi connectivity index (χ4v) is 0.990. The van der Waals surface area contributed by atoms with Crippen molar-refractivity contribution in [1.82, 2.24) is 5.32 Å².